The Kier molecular flexibility index (Phi) is 3.44. The van der Waals surface area contributed by atoms with E-state index in [0.717, 1.165) is 19.5 Å². The van der Waals surface area contributed by atoms with Crippen molar-refractivity contribution in [3.8, 4) is 0 Å². The predicted octanol–water partition coefficient (Wildman–Crippen LogP) is 0.596. The summed E-state index contributed by atoms with van der Waals surface area (Å²) in [5.74, 6) is -0.215. The minimum Gasteiger partial charge on any atom is -0.462 e. The van der Waals surface area contributed by atoms with E-state index >= 15 is 0 Å². The maximum Gasteiger partial charge on any atom is 0.345 e. The molecule has 2 aromatic rings. The van der Waals surface area contributed by atoms with Crippen molar-refractivity contribution in [2.24, 2.45) is 0 Å². The third kappa shape index (κ3) is 2.16. The van der Waals surface area contributed by atoms with Crippen LogP contribution >= 0.6 is 0 Å². The number of esters is 1. The molecule has 3 heterocycles. The van der Waals surface area contributed by atoms with Crippen LogP contribution in [0.15, 0.2) is 4.79 Å². The van der Waals surface area contributed by atoms with Crippen LogP contribution in [0.5, 0.6) is 0 Å². The van der Waals surface area contributed by atoms with Crippen molar-refractivity contribution < 1.29 is 9.53 Å². The Balaban J connectivity index is 2.21. The summed E-state index contributed by atoms with van der Waals surface area (Å²) in [6, 6.07) is 0. The van der Waals surface area contributed by atoms with Gasteiger partial charge in [0.25, 0.3) is 0 Å². The molecule has 8 heteroatoms. The highest BCUT2D eigenvalue weighted by Gasteiger charge is 2.23. The van der Waals surface area contributed by atoms with Gasteiger partial charge in [0, 0.05) is 13.1 Å². The monoisotopic (exact) mass is 303 g/mol. The zero-order valence-corrected chi connectivity index (χ0v) is 12.5. The Morgan fingerprint density at radius 1 is 1.41 bits per heavy atom. The van der Waals surface area contributed by atoms with Crippen molar-refractivity contribution in [2.45, 2.75) is 20.3 Å². The second-order valence-electron chi connectivity index (χ2n) is 5.14. The average molecular weight is 303 g/mol. The number of nitrogen functional groups attached to an aromatic ring is 1. The molecule has 1 aliphatic heterocycles. The summed E-state index contributed by atoms with van der Waals surface area (Å²) in [5.41, 5.74) is 5.96. The van der Waals surface area contributed by atoms with E-state index in [1.807, 2.05) is 4.90 Å². The number of pyridine rings is 1. The van der Waals surface area contributed by atoms with Gasteiger partial charge in [0.2, 0.25) is 11.4 Å². The fourth-order valence-corrected chi connectivity index (χ4v) is 2.42. The maximum atomic E-state index is 12.6. The molecule has 3 N–H and O–H groups in total. The summed E-state index contributed by atoms with van der Waals surface area (Å²) in [6.45, 7) is 5.33. The van der Waals surface area contributed by atoms with Crippen molar-refractivity contribution in [3.05, 3.63) is 21.5 Å². The van der Waals surface area contributed by atoms with Crippen LogP contribution in [-0.4, -0.2) is 40.6 Å². The van der Waals surface area contributed by atoms with E-state index in [-0.39, 0.29) is 23.4 Å². The molecule has 1 saturated heterocycles. The van der Waals surface area contributed by atoms with Crippen LogP contribution in [0.3, 0.4) is 0 Å². The van der Waals surface area contributed by atoms with E-state index in [2.05, 4.69) is 15.0 Å². The van der Waals surface area contributed by atoms with Crippen molar-refractivity contribution >= 4 is 28.8 Å². The predicted molar refractivity (Wildman–Crippen MR) is 82.1 cm³/mol. The first-order valence-electron chi connectivity index (χ1n) is 7.15. The van der Waals surface area contributed by atoms with Crippen molar-refractivity contribution in [3.63, 3.8) is 0 Å². The molecule has 0 saturated carbocycles. The van der Waals surface area contributed by atoms with E-state index in [1.165, 1.54) is 0 Å². The lowest BCUT2D eigenvalue weighted by Crippen LogP contribution is -2.38. The minimum atomic E-state index is -0.741. The lowest BCUT2D eigenvalue weighted by molar-refractivity contribution is 0.0526. The molecule has 8 nitrogen and oxygen atoms in total. The summed E-state index contributed by atoms with van der Waals surface area (Å²) < 4.78 is 4.88. The van der Waals surface area contributed by atoms with Gasteiger partial charge in [-0.25, -0.2) is 9.78 Å². The number of anilines is 2. The lowest BCUT2D eigenvalue weighted by Gasteiger charge is -2.31. The Bertz CT molecular complexity index is 810. The molecule has 1 fully saturated rings. The number of aromatic amines is 1. The van der Waals surface area contributed by atoms with Crippen LogP contribution in [0.25, 0.3) is 11.0 Å². The topological polar surface area (TPSA) is 114 Å². The first-order chi connectivity index (χ1) is 10.5. The van der Waals surface area contributed by atoms with Crippen LogP contribution < -0.4 is 16.1 Å². The molecule has 0 amide bonds. The van der Waals surface area contributed by atoms with E-state index in [1.54, 1.807) is 13.8 Å². The average Bonchev–Trinajstić information content (AvgIpc) is 2.35. The fraction of sp³-hybridized carbons (Fsp3) is 0.429. The Morgan fingerprint density at radius 2 is 2.14 bits per heavy atom. The number of nitrogens with one attached hydrogen (secondary N) is 1. The number of H-pyrrole nitrogens is 1. The van der Waals surface area contributed by atoms with Crippen molar-refractivity contribution in [1.82, 2.24) is 15.0 Å². The van der Waals surface area contributed by atoms with Crippen LogP contribution in [0.4, 0.5) is 11.8 Å². The summed E-state index contributed by atoms with van der Waals surface area (Å²) in [7, 11) is 0. The summed E-state index contributed by atoms with van der Waals surface area (Å²) in [5, 5.41) is 0.265. The number of nitrogens with two attached hydrogens (primary N) is 1. The van der Waals surface area contributed by atoms with E-state index in [0.29, 0.717) is 17.3 Å². The minimum absolute atomic E-state index is 0.0383. The van der Waals surface area contributed by atoms with Gasteiger partial charge in [0.05, 0.1) is 17.7 Å². The molecule has 22 heavy (non-hydrogen) atoms. The number of ether oxygens (including phenoxy) is 1. The molecule has 116 valence electrons. The number of carbonyl (C=O) groups excluding carboxylic acids is 1. The first kappa shape index (κ1) is 14.3. The molecule has 0 unspecified atom stereocenters. The molecule has 3 rings (SSSR count). The molecular formula is C14H17N5O3. The molecule has 1 aliphatic rings. The molecular weight excluding hydrogens is 286 g/mol. The summed E-state index contributed by atoms with van der Waals surface area (Å²) in [6.07, 6.45) is 1.10. The van der Waals surface area contributed by atoms with Gasteiger partial charge in [-0.05, 0) is 20.3 Å². The Morgan fingerprint density at radius 3 is 2.73 bits per heavy atom. The SMILES string of the molecule is CCOC(=O)c1c(N)[nH]c2nc(N3CCC3)nc(C)c2c1=O. The zero-order chi connectivity index (χ0) is 15.9. The molecule has 0 aromatic carbocycles. The quantitative estimate of drug-likeness (QED) is 0.798. The van der Waals surface area contributed by atoms with Crippen molar-refractivity contribution in [1.29, 1.82) is 0 Å². The van der Waals surface area contributed by atoms with E-state index in [9.17, 15) is 9.59 Å². The van der Waals surface area contributed by atoms with Gasteiger partial charge >= 0.3 is 5.97 Å². The van der Waals surface area contributed by atoms with E-state index < -0.39 is 11.4 Å². The van der Waals surface area contributed by atoms with Gasteiger partial charge < -0.3 is 20.4 Å². The highest BCUT2D eigenvalue weighted by atomic mass is 16.5. The largest absolute Gasteiger partial charge is 0.462 e. The molecule has 0 aliphatic carbocycles. The van der Waals surface area contributed by atoms with Crippen LogP contribution in [0.2, 0.25) is 0 Å². The number of rotatable bonds is 3. The second-order valence-corrected chi connectivity index (χ2v) is 5.14. The molecule has 0 atom stereocenters. The standard InChI is InChI=1S/C14H17N5O3/c1-3-22-13(21)9-10(20)8-7(2)16-14(19-5-4-6-19)18-12(8)17-11(9)15/h3-6H2,1-2H3,(H3,15,16,17,18,20). The smallest absolute Gasteiger partial charge is 0.345 e. The van der Waals surface area contributed by atoms with Gasteiger partial charge in [-0.2, -0.15) is 4.98 Å². The zero-order valence-electron chi connectivity index (χ0n) is 12.5. The Labute approximate surface area is 126 Å². The number of aromatic nitrogens is 3. The second kappa shape index (κ2) is 5.28. The highest BCUT2D eigenvalue weighted by molar-refractivity contribution is 5.98. The number of hydrogen-bond acceptors (Lipinski definition) is 7. The van der Waals surface area contributed by atoms with E-state index in [4.69, 9.17) is 10.5 Å². The Hall–Kier alpha value is -2.64. The third-order valence-electron chi connectivity index (χ3n) is 3.67. The summed E-state index contributed by atoms with van der Waals surface area (Å²) in [4.78, 5) is 38.0. The highest BCUT2D eigenvalue weighted by Crippen LogP contribution is 2.21. The number of aryl methyl sites for hydroxylation is 1. The fourth-order valence-electron chi connectivity index (χ4n) is 2.42. The lowest BCUT2D eigenvalue weighted by atomic mass is 10.1. The first-order valence-corrected chi connectivity index (χ1v) is 7.15. The van der Waals surface area contributed by atoms with Gasteiger partial charge in [-0.15, -0.1) is 0 Å². The number of carbonyl (C=O) groups is 1. The summed E-state index contributed by atoms with van der Waals surface area (Å²) >= 11 is 0. The van der Waals surface area contributed by atoms with Crippen LogP contribution in [0.1, 0.15) is 29.4 Å². The van der Waals surface area contributed by atoms with Gasteiger partial charge in [-0.3, -0.25) is 4.79 Å². The number of nitrogens with zero attached hydrogens (tertiary/aromatic N) is 3. The molecule has 2 aromatic heterocycles. The molecule has 0 bridgehead atoms. The van der Waals surface area contributed by atoms with Crippen molar-refractivity contribution in [2.75, 3.05) is 30.3 Å². The van der Waals surface area contributed by atoms with Gasteiger partial charge in [-0.1, -0.05) is 0 Å². The number of hydrogen-bond donors (Lipinski definition) is 2. The van der Waals surface area contributed by atoms with Crippen LogP contribution in [-0.2, 0) is 4.74 Å². The normalized spacial score (nSPS) is 14.0. The maximum absolute atomic E-state index is 12.6. The van der Waals surface area contributed by atoms with Gasteiger partial charge in [0.15, 0.2) is 0 Å². The third-order valence-corrected chi connectivity index (χ3v) is 3.67. The molecule has 0 spiro atoms. The van der Waals surface area contributed by atoms with Crippen LogP contribution in [0, 0.1) is 6.92 Å². The molecule has 0 radical (unpaired) electrons. The van der Waals surface area contributed by atoms with Gasteiger partial charge in [0.1, 0.15) is 17.0 Å². The number of fused-ring (bicyclic) bond motifs is 1.